The monoisotopic (exact) mass is 406 g/mol. The Morgan fingerprint density at radius 3 is 2.31 bits per heavy atom. The molecule has 4 rings (SSSR count). The molecule has 0 N–H and O–H groups in total. The van der Waals surface area contributed by atoms with Gasteiger partial charge in [0.1, 0.15) is 5.75 Å². The Bertz CT molecular complexity index is 1120. The van der Waals surface area contributed by atoms with Gasteiger partial charge < -0.3 is 4.74 Å². The van der Waals surface area contributed by atoms with E-state index in [0.29, 0.717) is 23.7 Å². The Labute approximate surface area is 171 Å². The van der Waals surface area contributed by atoms with Gasteiger partial charge in [-0.2, -0.15) is 4.31 Å². The third kappa shape index (κ3) is 4.23. The highest BCUT2D eigenvalue weighted by atomic mass is 32.2. The van der Waals surface area contributed by atoms with Crippen LogP contribution in [0.25, 0.3) is 0 Å². The molecule has 0 aliphatic carbocycles. The number of benzene rings is 3. The van der Waals surface area contributed by atoms with Crippen molar-refractivity contribution in [2.75, 3.05) is 13.7 Å². The van der Waals surface area contributed by atoms with Crippen LogP contribution >= 0.6 is 0 Å². The summed E-state index contributed by atoms with van der Waals surface area (Å²) in [4.78, 5) is 4.72. The number of hydrogen-bond acceptors (Lipinski definition) is 4. The second-order valence-corrected chi connectivity index (χ2v) is 8.82. The van der Waals surface area contributed by atoms with E-state index in [0.717, 1.165) is 23.3 Å². The van der Waals surface area contributed by atoms with Gasteiger partial charge in [-0.05, 0) is 71.6 Å². The minimum absolute atomic E-state index is 0.292. The number of ether oxygens (including phenoxy) is 1. The lowest BCUT2D eigenvalue weighted by Gasteiger charge is -2.28. The normalized spacial score (nSPS) is 14.7. The molecule has 29 heavy (non-hydrogen) atoms. The summed E-state index contributed by atoms with van der Waals surface area (Å²) >= 11 is 0. The fraction of sp³-hybridized carbons (Fsp3) is 0.174. The van der Waals surface area contributed by atoms with Crippen LogP contribution in [0.1, 0.15) is 16.7 Å². The summed E-state index contributed by atoms with van der Waals surface area (Å²) in [6.45, 7) is 0.909. The third-order valence-corrected chi connectivity index (χ3v) is 6.91. The summed E-state index contributed by atoms with van der Waals surface area (Å²) in [7, 11) is -1.90. The predicted molar refractivity (Wildman–Crippen MR) is 114 cm³/mol. The summed E-state index contributed by atoms with van der Waals surface area (Å²) in [6, 6.07) is 22.3. The van der Waals surface area contributed by atoms with Crippen LogP contribution in [0.4, 0.5) is 5.69 Å². The number of methoxy groups -OCH3 is 1. The van der Waals surface area contributed by atoms with Crippen molar-refractivity contribution in [3.05, 3.63) is 89.5 Å². The molecule has 5 nitrogen and oxygen atoms in total. The number of hydrogen-bond donors (Lipinski definition) is 0. The van der Waals surface area contributed by atoms with Crippen LogP contribution in [0.2, 0.25) is 0 Å². The Kier molecular flexibility index (Phi) is 5.47. The molecule has 1 aliphatic heterocycles. The summed E-state index contributed by atoms with van der Waals surface area (Å²) in [5, 5.41) is 0. The van der Waals surface area contributed by atoms with Gasteiger partial charge in [-0.3, -0.25) is 4.99 Å². The van der Waals surface area contributed by atoms with Gasteiger partial charge in [0.2, 0.25) is 10.0 Å². The zero-order valence-corrected chi connectivity index (χ0v) is 17.0. The average Bonchev–Trinajstić information content (AvgIpc) is 2.78. The van der Waals surface area contributed by atoms with Gasteiger partial charge in [0.05, 0.1) is 17.7 Å². The molecule has 0 bridgehead atoms. The lowest BCUT2D eigenvalue weighted by Crippen LogP contribution is -2.35. The number of rotatable bonds is 5. The fourth-order valence-corrected chi connectivity index (χ4v) is 4.79. The molecule has 3 aromatic rings. The highest BCUT2D eigenvalue weighted by Crippen LogP contribution is 2.26. The van der Waals surface area contributed by atoms with E-state index in [2.05, 4.69) is 11.1 Å². The van der Waals surface area contributed by atoms with E-state index in [1.807, 2.05) is 42.5 Å². The molecule has 0 saturated heterocycles. The summed E-state index contributed by atoms with van der Waals surface area (Å²) in [6.07, 6.45) is 2.48. The van der Waals surface area contributed by atoms with Crippen LogP contribution in [-0.4, -0.2) is 32.6 Å². The van der Waals surface area contributed by atoms with Gasteiger partial charge in [0.15, 0.2) is 0 Å². The van der Waals surface area contributed by atoms with E-state index in [1.54, 1.807) is 41.9 Å². The highest BCUT2D eigenvalue weighted by molar-refractivity contribution is 7.89. The molecular formula is C23H22N2O3S. The minimum atomic E-state index is -3.53. The van der Waals surface area contributed by atoms with Crippen molar-refractivity contribution in [2.45, 2.75) is 17.9 Å². The number of aliphatic imine (C=N–C) groups is 1. The third-order valence-electron chi connectivity index (χ3n) is 5.05. The van der Waals surface area contributed by atoms with Gasteiger partial charge in [0, 0.05) is 19.3 Å². The second kappa shape index (κ2) is 8.19. The van der Waals surface area contributed by atoms with Crippen molar-refractivity contribution in [3.63, 3.8) is 0 Å². The van der Waals surface area contributed by atoms with Gasteiger partial charge in [-0.15, -0.1) is 0 Å². The number of nitrogens with zero attached hydrogens (tertiary/aromatic N) is 2. The maximum absolute atomic E-state index is 13.0. The molecule has 148 valence electrons. The molecule has 0 radical (unpaired) electrons. The SMILES string of the molecule is COc1ccc(C=Nc2ccc(S(=O)(=O)N3CCc4ccccc4C3)cc2)cc1. The van der Waals surface area contributed by atoms with E-state index in [1.165, 1.54) is 5.56 Å². The summed E-state index contributed by atoms with van der Waals surface area (Å²) < 4.78 is 32.7. The largest absolute Gasteiger partial charge is 0.497 e. The Morgan fingerprint density at radius 2 is 1.62 bits per heavy atom. The molecule has 0 fully saturated rings. The average molecular weight is 407 g/mol. The van der Waals surface area contributed by atoms with Gasteiger partial charge in [-0.25, -0.2) is 8.42 Å². The van der Waals surface area contributed by atoms with Crippen molar-refractivity contribution < 1.29 is 13.2 Å². The smallest absolute Gasteiger partial charge is 0.243 e. The molecule has 0 spiro atoms. The van der Waals surface area contributed by atoms with Crippen LogP contribution in [0.15, 0.2) is 82.7 Å². The summed E-state index contributed by atoms with van der Waals surface area (Å²) in [5.74, 6) is 0.789. The Morgan fingerprint density at radius 1 is 0.931 bits per heavy atom. The number of fused-ring (bicyclic) bond motifs is 1. The van der Waals surface area contributed by atoms with Crippen molar-refractivity contribution in [3.8, 4) is 5.75 Å². The molecule has 3 aromatic carbocycles. The van der Waals surface area contributed by atoms with Gasteiger partial charge in [0.25, 0.3) is 0 Å². The van der Waals surface area contributed by atoms with Crippen molar-refractivity contribution >= 4 is 21.9 Å². The first-order valence-electron chi connectivity index (χ1n) is 9.41. The zero-order chi connectivity index (χ0) is 20.3. The second-order valence-electron chi connectivity index (χ2n) is 6.88. The topological polar surface area (TPSA) is 59.0 Å². The molecule has 0 aromatic heterocycles. The van der Waals surface area contributed by atoms with Crippen LogP contribution in [0, 0.1) is 0 Å². The predicted octanol–water partition coefficient (Wildman–Crippen LogP) is 4.19. The van der Waals surface area contributed by atoms with Crippen molar-refractivity contribution in [2.24, 2.45) is 4.99 Å². The van der Waals surface area contributed by atoms with Gasteiger partial charge >= 0.3 is 0 Å². The maximum Gasteiger partial charge on any atom is 0.243 e. The molecule has 0 amide bonds. The molecular weight excluding hydrogens is 384 g/mol. The molecule has 1 heterocycles. The first-order chi connectivity index (χ1) is 14.1. The molecule has 0 atom stereocenters. The van der Waals surface area contributed by atoms with Gasteiger partial charge in [-0.1, -0.05) is 24.3 Å². The Balaban J connectivity index is 1.49. The van der Waals surface area contributed by atoms with Crippen LogP contribution in [0.3, 0.4) is 0 Å². The van der Waals surface area contributed by atoms with E-state index in [9.17, 15) is 8.42 Å². The zero-order valence-electron chi connectivity index (χ0n) is 16.2. The molecule has 6 heteroatoms. The number of sulfonamides is 1. The summed E-state index contributed by atoms with van der Waals surface area (Å²) in [5.41, 5.74) is 3.93. The van der Waals surface area contributed by atoms with E-state index in [4.69, 9.17) is 4.74 Å². The van der Waals surface area contributed by atoms with Crippen LogP contribution in [-0.2, 0) is 23.0 Å². The minimum Gasteiger partial charge on any atom is -0.497 e. The van der Waals surface area contributed by atoms with Crippen molar-refractivity contribution in [1.29, 1.82) is 0 Å². The molecule has 0 unspecified atom stereocenters. The maximum atomic E-state index is 13.0. The van der Waals surface area contributed by atoms with E-state index in [-0.39, 0.29) is 0 Å². The molecule has 0 saturated carbocycles. The van der Waals surface area contributed by atoms with E-state index >= 15 is 0 Å². The van der Waals surface area contributed by atoms with E-state index < -0.39 is 10.0 Å². The lowest BCUT2D eigenvalue weighted by molar-refractivity contribution is 0.391. The first-order valence-corrected chi connectivity index (χ1v) is 10.9. The highest BCUT2D eigenvalue weighted by Gasteiger charge is 2.27. The first kappa shape index (κ1) is 19.4. The standard InChI is InChI=1S/C23H22N2O3S/c1-28-22-10-6-18(7-11-22)16-24-21-8-12-23(13-9-21)29(26,27)25-15-14-19-4-2-3-5-20(19)17-25/h2-13,16H,14-15,17H2,1H3. The van der Waals surface area contributed by atoms with Crippen molar-refractivity contribution in [1.82, 2.24) is 4.31 Å². The molecule has 1 aliphatic rings. The van der Waals surface area contributed by atoms with Crippen LogP contribution in [0.5, 0.6) is 5.75 Å². The fourth-order valence-electron chi connectivity index (χ4n) is 3.37. The quantitative estimate of drug-likeness (QED) is 0.597. The lowest BCUT2D eigenvalue weighted by atomic mass is 10.0. The Hall–Kier alpha value is -2.96. The van der Waals surface area contributed by atoms with Crippen LogP contribution < -0.4 is 4.74 Å².